The molecule has 0 saturated carbocycles. The maximum atomic E-state index is 12.4. The van der Waals surface area contributed by atoms with Crippen molar-refractivity contribution >= 4 is 28.1 Å². The molecule has 0 aliphatic heterocycles. The summed E-state index contributed by atoms with van der Waals surface area (Å²) in [7, 11) is 0. The molecule has 0 amide bonds. The normalized spacial score (nSPS) is 13.1. The zero-order valence-corrected chi connectivity index (χ0v) is 16.1. The monoisotopic (exact) mass is 378 g/mol. The van der Waals surface area contributed by atoms with E-state index in [0.717, 1.165) is 29.4 Å². The van der Waals surface area contributed by atoms with Crippen LogP contribution >= 0.6 is 11.3 Å². The Hall–Kier alpha value is -2.66. The van der Waals surface area contributed by atoms with Crippen LogP contribution in [0.2, 0.25) is 0 Å². The van der Waals surface area contributed by atoms with E-state index >= 15 is 0 Å². The Morgan fingerprint density at radius 3 is 2.70 bits per heavy atom. The van der Waals surface area contributed by atoms with Gasteiger partial charge >= 0.3 is 5.97 Å². The molecule has 0 fully saturated rings. The van der Waals surface area contributed by atoms with Crippen LogP contribution in [-0.2, 0) is 24.2 Å². The molecule has 1 aromatic heterocycles. The number of thiazole rings is 1. The third kappa shape index (κ3) is 4.37. The second-order valence-electron chi connectivity index (χ2n) is 6.90. The molecular weight excluding hydrogens is 356 g/mol. The van der Waals surface area contributed by atoms with Gasteiger partial charge in [-0.2, -0.15) is 0 Å². The van der Waals surface area contributed by atoms with Crippen LogP contribution < -0.4 is 5.32 Å². The quantitative estimate of drug-likeness (QED) is 0.601. The Morgan fingerprint density at radius 1 is 1.11 bits per heavy atom. The average Bonchev–Trinajstić information content (AvgIpc) is 3.15. The fourth-order valence-electron chi connectivity index (χ4n) is 3.27. The van der Waals surface area contributed by atoms with Gasteiger partial charge in [-0.15, -0.1) is 11.3 Å². The van der Waals surface area contributed by atoms with Crippen molar-refractivity contribution in [2.75, 3.05) is 5.32 Å². The summed E-state index contributed by atoms with van der Waals surface area (Å²) < 4.78 is 5.46. The molecule has 1 heterocycles. The summed E-state index contributed by atoms with van der Waals surface area (Å²) in [5.74, 6) is -0.288. The van der Waals surface area contributed by atoms with Crippen molar-refractivity contribution in [1.29, 1.82) is 0 Å². The van der Waals surface area contributed by atoms with Crippen LogP contribution in [0.1, 0.15) is 45.6 Å². The van der Waals surface area contributed by atoms with E-state index in [0.29, 0.717) is 5.56 Å². The fraction of sp³-hybridized carbons (Fsp3) is 0.273. The SMILES string of the molecule is Cc1ccc(Nc2nc(COC(=O)c3ccc4c(c3)CCCC4)cs2)cc1. The Morgan fingerprint density at radius 2 is 1.89 bits per heavy atom. The number of aryl methyl sites for hydroxylation is 3. The van der Waals surface area contributed by atoms with Gasteiger partial charge in [-0.3, -0.25) is 0 Å². The standard InChI is InChI=1S/C22H22N2O2S/c1-15-6-10-19(11-7-15)23-22-24-20(14-27-22)13-26-21(25)18-9-8-16-4-2-3-5-17(16)12-18/h6-12,14H,2-5,13H2,1H3,(H,23,24). The molecule has 5 heteroatoms. The molecule has 27 heavy (non-hydrogen) atoms. The number of benzene rings is 2. The lowest BCUT2D eigenvalue weighted by molar-refractivity contribution is 0.0468. The lowest BCUT2D eigenvalue weighted by Gasteiger charge is -2.16. The van der Waals surface area contributed by atoms with E-state index in [-0.39, 0.29) is 12.6 Å². The number of nitrogens with zero attached hydrogens (tertiary/aromatic N) is 1. The van der Waals surface area contributed by atoms with Gasteiger partial charge in [0.1, 0.15) is 6.61 Å². The number of carbonyl (C=O) groups excluding carboxylic acids is 1. The highest BCUT2D eigenvalue weighted by molar-refractivity contribution is 7.13. The molecule has 4 nitrogen and oxygen atoms in total. The van der Waals surface area contributed by atoms with Crippen molar-refractivity contribution in [2.45, 2.75) is 39.2 Å². The van der Waals surface area contributed by atoms with Crippen molar-refractivity contribution in [3.63, 3.8) is 0 Å². The molecule has 1 aliphatic carbocycles. The summed E-state index contributed by atoms with van der Waals surface area (Å²) in [6.45, 7) is 2.24. The Kier molecular flexibility index (Phi) is 5.21. The predicted molar refractivity (Wildman–Crippen MR) is 109 cm³/mol. The van der Waals surface area contributed by atoms with E-state index in [2.05, 4.69) is 35.4 Å². The van der Waals surface area contributed by atoms with Crippen molar-refractivity contribution < 1.29 is 9.53 Å². The van der Waals surface area contributed by atoms with E-state index < -0.39 is 0 Å². The summed E-state index contributed by atoms with van der Waals surface area (Å²) >= 11 is 1.50. The first-order valence-corrected chi connectivity index (χ1v) is 10.1. The summed E-state index contributed by atoms with van der Waals surface area (Å²) in [6, 6.07) is 14.1. The van der Waals surface area contributed by atoms with Gasteiger partial charge in [-0.05, 0) is 68.0 Å². The summed E-state index contributed by atoms with van der Waals surface area (Å²) in [5.41, 5.74) is 6.24. The van der Waals surface area contributed by atoms with E-state index in [1.54, 1.807) is 0 Å². The van der Waals surface area contributed by atoms with Crippen molar-refractivity contribution in [1.82, 2.24) is 4.98 Å². The number of hydrogen-bond acceptors (Lipinski definition) is 5. The first kappa shape index (κ1) is 17.7. The lowest BCUT2D eigenvalue weighted by Crippen LogP contribution is -2.09. The highest BCUT2D eigenvalue weighted by Gasteiger charge is 2.14. The zero-order valence-electron chi connectivity index (χ0n) is 15.3. The number of nitrogens with one attached hydrogen (secondary N) is 1. The molecule has 4 rings (SSSR count). The first-order chi connectivity index (χ1) is 13.2. The van der Waals surface area contributed by atoms with Crippen LogP contribution in [0.3, 0.4) is 0 Å². The van der Waals surface area contributed by atoms with E-state index in [4.69, 9.17) is 4.74 Å². The topological polar surface area (TPSA) is 51.2 Å². The summed E-state index contributed by atoms with van der Waals surface area (Å²) in [6.07, 6.45) is 4.59. The minimum absolute atomic E-state index is 0.183. The van der Waals surface area contributed by atoms with Gasteiger partial charge in [0.05, 0.1) is 11.3 Å². The number of aromatic nitrogens is 1. The van der Waals surface area contributed by atoms with Crippen LogP contribution in [0.25, 0.3) is 0 Å². The predicted octanol–water partition coefficient (Wildman–Crippen LogP) is 5.43. The molecule has 0 unspecified atom stereocenters. The number of esters is 1. The summed E-state index contributed by atoms with van der Waals surface area (Å²) in [5, 5.41) is 5.98. The van der Waals surface area contributed by atoms with E-state index in [1.165, 1.54) is 40.9 Å². The molecule has 3 aromatic rings. The third-order valence-electron chi connectivity index (χ3n) is 4.79. The fourth-order valence-corrected chi connectivity index (χ4v) is 3.99. The second kappa shape index (κ2) is 7.92. The molecule has 0 bridgehead atoms. The van der Waals surface area contributed by atoms with Gasteiger partial charge in [0.2, 0.25) is 0 Å². The van der Waals surface area contributed by atoms with Crippen LogP contribution in [0.4, 0.5) is 10.8 Å². The molecule has 0 spiro atoms. The maximum Gasteiger partial charge on any atom is 0.338 e. The number of carbonyl (C=O) groups is 1. The van der Waals surface area contributed by atoms with E-state index in [1.807, 2.05) is 29.6 Å². The number of hydrogen-bond donors (Lipinski definition) is 1. The van der Waals surface area contributed by atoms with Gasteiger partial charge in [0.15, 0.2) is 5.13 Å². The highest BCUT2D eigenvalue weighted by Crippen LogP contribution is 2.24. The number of fused-ring (bicyclic) bond motifs is 1. The van der Waals surface area contributed by atoms with Crippen molar-refractivity contribution in [3.05, 3.63) is 75.8 Å². The minimum Gasteiger partial charge on any atom is -0.456 e. The second-order valence-corrected chi connectivity index (χ2v) is 7.76. The van der Waals surface area contributed by atoms with Crippen molar-refractivity contribution in [2.24, 2.45) is 0 Å². The van der Waals surface area contributed by atoms with E-state index in [9.17, 15) is 4.79 Å². The smallest absolute Gasteiger partial charge is 0.338 e. The molecule has 1 aliphatic rings. The van der Waals surface area contributed by atoms with Gasteiger partial charge < -0.3 is 10.1 Å². The Labute approximate surface area is 163 Å². The molecule has 0 saturated heterocycles. The van der Waals surface area contributed by atoms with Gasteiger partial charge in [0.25, 0.3) is 0 Å². The third-order valence-corrected chi connectivity index (χ3v) is 5.60. The zero-order chi connectivity index (χ0) is 18.6. The van der Waals surface area contributed by atoms with Gasteiger partial charge in [-0.1, -0.05) is 23.8 Å². The molecule has 138 valence electrons. The Balaban J connectivity index is 1.35. The van der Waals surface area contributed by atoms with Gasteiger partial charge in [0, 0.05) is 11.1 Å². The molecule has 1 N–H and O–H groups in total. The Bertz CT molecular complexity index is 947. The minimum atomic E-state index is -0.288. The van der Waals surface area contributed by atoms with Gasteiger partial charge in [-0.25, -0.2) is 9.78 Å². The van der Waals surface area contributed by atoms with Crippen LogP contribution in [0.5, 0.6) is 0 Å². The first-order valence-electron chi connectivity index (χ1n) is 9.24. The maximum absolute atomic E-state index is 12.4. The number of ether oxygens (including phenoxy) is 1. The highest BCUT2D eigenvalue weighted by atomic mass is 32.1. The molecular formula is C22H22N2O2S. The molecule has 2 aromatic carbocycles. The average molecular weight is 378 g/mol. The lowest BCUT2D eigenvalue weighted by atomic mass is 9.90. The largest absolute Gasteiger partial charge is 0.456 e. The van der Waals surface area contributed by atoms with Crippen LogP contribution in [0.15, 0.2) is 47.8 Å². The van der Waals surface area contributed by atoms with Crippen molar-refractivity contribution in [3.8, 4) is 0 Å². The number of anilines is 2. The summed E-state index contributed by atoms with van der Waals surface area (Å²) in [4.78, 5) is 16.9. The molecule has 0 atom stereocenters. The van der Waals surface area contributed by atoms with Crippen LogP contribution in [0, 0.1) is 6.92 Å². The number of rotatable bonds is 5. The van der Waals surface area contributed by atoms with Crippen LogP contribution in [-0.4, -0.2) is 11.0 Å². The molecule has 0 radical (unpaired) electrons.